The first-order valence-electron chi connectivity index (χ1n) is 10.7. The van der Waals surface area contributed by atoms with Crippen LogP contribution >= 0.6 is 12.4 Å². The van der Waals surface area contributed by atoms with Gasteiger partial charge in [0.2, 0.25) is 5.75 Å². The van der Waals surface area contributed by atoms with Crippen LogP contribution in [0.3, 0.4) is 0 Å². The maximum Gasteiger partial charge on any atom is 0.338 e. The third-order valence-electron chi connectivity index (χ3n) is 4.23. The van der Waals surface area contributed by atoms with Crippen molar-refractivity contribution in [1.82, 2.24) is 5.32 Å². The van der Waals surface area contributed by atoms with Crippen LogP contribution in [0.4, 0.5) is 0 Å². The third kappa shape index (κ3) is 4.88. The molecule has 0 saturated carbocycles. The van der Waals surface area contributed by atoms with Gasteiger partial charge in [0, 0.05) is 6.85 Å². The molecule has 1 N–H and O–H groups in total. The van der Waals surface area contributed by atoms with E-state index >= 15 is 0 Å². The van der Waals surface area contributed by atoms with Gasteiger partial charge in [-0.3, -0.25) is 0 Å². The first-order valence-corrected chi connectivity index (χ1v) is 8.20. The van der Waals surface area contributed by atoms with Gasteiger partial charge in [0.1, 0.15) is 6.61 Å². The molecule has 7 heteroatoms. The molecular formula is C21H28ClNO5. The molecule has 1 unspecified atom stereocenters. The number of ether oxygens (including phenoxy) is 4. The van der Waals surface area contributed by atoms with Crippen molar-refractivity contribution < 1.29 is 30.6 Å². The molecule has 0 aliphatic carbocycles. The average Bonchev–Trinajstić information content (AvgIpc) is 2.78. The summed E-state index contributed by atoms with van der Waals surface area (Å²) < 4.78 is 61.4. The molecule has 0 aliphatic rings. The Balaban J connectivity index is 0.00000544. The predicted molar refractivity (Wildman–Crippen MR) is 111 cm³/mol. The molecule has 1 atom stereocenters. The van der Waals surface area contributed by atoms with E-state index in [9.17, 15) is 4.79 Å². The summed E-state index contributed by atoms with van der Waals surface area (Å²) in [6.07, 6.45) is -2.79. The maximum absolute atomic E-state index is 12.9. The number of carbonyl (C=O) groups is 1. The van der Waals surface area contributed by atoms with E-state index in [1.165, 1.54) is 40.5 Å². The number of rotatable bonds is 9. The van der Waals surface area contributed by atoms with Gasteiger partial charge in [-0.25, -0.2) is 4.79 Å². The SMILES string of the molecule is Cl.[2H]C([2H])([2H])C([2H])([2H])C(COC(=O)c1cc(OC)c(OC)c(OC)c1)(NC)c1ccccc1. The molecule has 154 valence electrons. The lowest BCUT2D eigenvalue weighted by molar-refractivity contribution is 0.0360. The molecule has 0 aromatic heterocycles. The molecule has 0 amide bonds. The van der Waals surface area contributed by atoms with Gasteiger partial charge < -0.3 is 24.3 Å². The highest BCUT2D eigenvalue weighted by Gasteiger charge is 2.30. The van der Waals surface area contributed by atoms with Crippen molar-refractivity contribution in [2.75, 3.05) is 35.0 Å². The van der Waals surface area contributed by atoms with Crippen LogP contribution < -0.4 is 19.5 Å². The normalized spacial score (nSPS) is 15.9. The molecule has 6 nitrogen and oxygen atoms in total. The topological polar surface area (TPSA) is 66.0 Å². The summed E-state index contributed by atoms with van der Waals surface area (Å²) in [4.78, 5) is 12.9. The smallest absolute Gasteiger partial charge is 0.338 e. The van der Waals surface area contributed by atoms with Crippen molar-refractivity contribution in [3.63, 3.8) is 0 Å². The number of benzene rings is 2. The van der Waals surface area contributed by atoms with E-state index in [4.69, 9.17) is 25.8 Å². The molecule has 2 aromatic rings. The summed E-state index contributed by atoms with van der Waals surface area (Å²) in [5, 5.41) is 2.77. The molecule has 0 saturated heterocycles. The van der Waals surface area contributed by atoms with Gasteiger partial charge in [-0.1, -0.05) is 37.2 Å². The van der Waals surface area contributed by atoms with Crippen LogP contribution in [0, 0.1) is 0 Å². The van der Waals surface area contributed by atoms with Crippen molar-refractivity contribution in [2.24, 2.45) is 0 Å². The van der Waals surface area contributed by atoms with E-state index in [0.717, 1.165) is 0 Å². The molecule has 0 bridgehead atoms. The zero-order valence-electron chi connectivity index (χ0n) is 21.2. The van der Waals surface area contributed by atoms with E-state index in [-0.39, 0.29) is 29.5 Å². The van der Waals surface area contributed by atoms with Gasteiger partial charge in [0.15, 0.2) is 11.5 Å². The van der Waals surface area contributed by atoms with Crippen LogP contribution in [0.1, 0.15) is 36.0 Å². The molecule has 0 heterocycles. The van der Waals surface area contributed by atoms with Crippen molar-refractivity contribution in [2.45, 2.75) is 18.8 Å². The van der Waals surface area contributed by atoms with Gasteiger partial charge in [0.25, 0.3) is 0 Å². The van der Waals surface area contributed by atoms with Crippen LogP contribution in [-0.4, -0.2) is 41.0 Å². The van der Waals surface area contributed by atoms with Gasteiger partial charge in [-0.05, 0) is 31.1 Å². The van der Waals surface area contributed by atoms with Crippen molar-refractivity contribution in [3.8, 4) is 17.2 Å². The standard InChI is InChI=1S/C21H27NO5.ClH/c1-6-21(22-2,16-10-8-7-9-11-16)14-27-20(23)15-12-17(24-3)19(26-5)18(13-15)25-4;/h7-13,22H,6,14H2,1-5H3;1H/i1D3,6D2;. The summed E-state index contributed by atoms with van der Waals surface area (Å²) in [5.41, 5.74) is -1.47. The molecule has 28 heavy (non-hydrogen) atoms. The number of esters is 1. The second-order valence-electron chi connectivity index (χ2n) is 5.64. The Labute approximate surface area is 179 Å². The van der Waals surface area contributed by atoms with Crippen LogP contribution in [0.15, 0.2) is 42.5 Å². The highest BCUT2D eigenvalue weighted by atomic mass is 35.5. The number of hydrogen-bond acceptors (Lipinski definition) is 6. The Morgan fingerprint density at radius 1 is 1.11 bits per heavy atom. The highest BCUT2D eigenvalue weighted by Crippen LogP contribution is 2.38. The average molecular weight is 415 g/mol. The van der Waals surface area contributed by atoms with Gasteiger partial charge in [-0.15, -0.1) is 12.4 Å². The Morgan fingerprint density at radius 2 is 1.71 bits per heavy atom. The fraction of sp³-hybridized carbons (Fsp3) is 0.381. The molecule has 0 fully saturated rings. The quantitative estimate of drug-likeness (QED) is 0.629. The number of halogens is 1. The Bertz CT molecular complexity index is 917. The van der Waals surface area contributed by atoms with E-state index in [2.05, 4.69) is 5.32 Å². The lowest BCUT2D eigenvalue weighted by Gasteiger charge is -2.32. The van der Waals surface area contributed by atoms with E-state index in [0.29, 0.717) is 11.3 Å². The van der Waals surface area contributed by atoms with E-state index in [1.54, 1.807) is 30.3 Å². The minimum absolute atomic E-state index is 0. The highest BCUT2D eigenvalue weighted by molar-refractivity contribution is 5.91. The summed E-state index contributed by atoms with van der Waals surface area (Å²) >= 11 is 0. The zero-order valence-corrected chi connectivity index (χ0v) is 17.0. The molecular weight excluding hydrogens is 382 g/mol. The first kappa shape index (κ1) is 16.5. The molecule has 0 spiro atoms. The van der Waals surface area contributed by atoms with E-state index in [1.807, 2.05) is 0 Å². The number of likely N-dealkylation sites (N-methyl/N-ethyl adjacent to an activating group) is 1. The predicted octanol–water partition coefficient (Wildman–Crippen LogP) is 3.82. The summed E-state index contributed by atoms with van der Waals surface area (Å²) in [5.74, 6) is -0.0561. The van der Waals surface area contributed by atoms with Crippen LogP contribution in [0.2, 0.25) is 0 Å². The minimum atomic E-state index is -3.01. The minimum Gasteiger partial charge on any atom is -0.493 e. The Kier molecular flexibility index (Phi) is 6.36. The molecule has 0 radical (unpaired) electrons. The van der Waals surface area contributed by atoms with Crippen LogP contribution in [-0.2, 0) is 10.3 Å². The first-order chi connectivity index (χ1) is 15.0. The summed E-state index contributed by atoms with van der Waals surface area (Å²) in [7, 11) is 5.65. The van der Waals surface area contributed by atoms with E-state index < -0.39 is 31.3 Å². The third-order valence-corrected chi connectivity index (χ3v) is 4.23. The van der Waals surface area contributed by atoms with Crippen molar-refractivity contribution in [3.05, 3.63) is 53.6 Å². The number of methoxy groups -OCH3 is 3. The molecule has 2 rings (SSSR count). The lowest BCUT2D eigenvalue weighted by Crippen LogP contribution is -2.44. The largest absolute Gasteiger partial charge is 0.493 e. The van der Waals surface area contributed by atoms with Gasteiger partial charge in [-0.2, -0.15) is 0 Å². The van der Waals surface area contributed by atoms with Gasteiger partial charge >= 0.3 is 5.97 Å². The maximum atomic E-state index is 12.9. The van der Waals surface area contributed by atoms with Crippen molar-refractivity contribution in [1.29, 1.82) is 0 Å². The fourth-order valence-corrected chi connectivity index (χ4v) is 2.65. The number of nitrogens with one attached hydrogen (secondary N) is 1. The summed E-state index contributed by atoms with van der Waals surface area (Å²) in [6, 6.07) is 11.0. The number of carbonyl (C=O) groups excluding carboxylic acids is 1. The second kappa shape index (κ2) is 10.8. The van der Waals surface area contributed by atoms with Gasteiger partial charge in [0.05, 0.1) is 32.4 Å². The second-order valence-corrected chi connectivity index (χ2v) is 5.64. The monoisotopic (exact) mass is 414 g/mol. The van der Waals surface area contributed by atoms with Crippen molar-refractivity contribution >= 4 is 18.4 Å². The molecule has 2 aromatic carbocycles. The summed E-state index contributed by atoms with van der Waals surface area (Å²) in [6.45, 7) is -3.60. The number of hydrogen-bond donors (Lipinski definition) is 1. The van der Waals surface area contributed by atoms with Crippen LogP contribution in [0.5, 0.6) is 17.2 Å². The van der Waals surface area contributed by atoms with Crippen LogP contribution in [0.25, 0.3) is 0 Å². The fourth-order valence-electron chi connectivity index (χ4n) is 2.65. The Morgan fingerprint density at radius 3 is 2.18 bits per heavy atom. The lowest BCUT2D eigenvalue weighted by atomic mass is 9.88. The zero-order chi connectivity index (χ0) is 24.2. The Hall–Kier alpha value is -2.44. The molecule has 0 aliphatic heterocycles.